The van der Waals surface area contributed by atoms with Gasteiger partial charge >= 0.3 is 6.09 Å². The summed E-state index contributed by atoms with van der Waals surface area (Å²) in [5.41, 5.74) is -0.708. The van der Waals surface area contributed by atoms with Crippen LogP contribution in [0.5, 0.6) is 0 Å². The molecule has 0 bridgehead atoms. The van der Waals surface area contributed by atoms with Crippen LogP contribution in [0.3, 0.4) is 0 Å². The van der Waals surface area contributed by atoms with Gasteiger partial charge in [-0.05, 0) is 12.8 Å². The Morgan fingerprint density at radius 3 is 2.36 bits per heavy atom. The van der Waals surface area contributed by atoms with E-state index in [9.17, 15) is 9.59 Å². The number of hydrogen-bond acceptors (Lipinski definition) is 2. The van der Waals surface area contributed by atoms with E-state index in [4.69, 9.17) is 5.11 Å². The summed E-state index contributed by atoms with van der Waals surface area (Å²) >= 11 is 0. The summed E-state index contributed by atoms with van der Waals surface area (Å²) < 4.78 is 0. The molecule has 0 aromatic carbocycles. The molecular weight excluding hydrogens is 146 g/mol. The lowest BCUT2D eigenvalue weighted by atomic mass is 10.1. The molecule has 62 valence electrons. The van der Waals surface area contributed by atoms with Gasteiger partial charge in [0.15, 0.2) is 5.78 Å². The summed E-state index contributed by atoms with van der Waals surface area (Å²) in [5.74, 6) is -0.0000926. The van der Waals surface area contributed by atoms with Crippen molar-refractivity contribution in [1.29, 1.82) is 0 Å². The van der Waals surface area contributed by atoms with Gasteiger partial charge in [-0.25, -0.2) is 4.79 Å². The van der Waals surface area contributed by atoms with Crippen LogP contribution in [0, 0.1) is 0 Å². The Balaban J connectivity index is 2.53. The third-order valence-electron chi connectivity index (χ3n) is 1.95. The Bertz CT molecular complexity index is 196. The van der Waals surface area contributed by atoms with E-state index in [0.717, 1.165) is 0 Å². The molecule has 4 heteroatoms. The van der Waals surface area contributed by atoms with Crippen LogP contribution < -0.4 is 5.32 Å². The predicted octanol–water partition coefficient (Wildman–Crippen LogP) is 0.766. The Labute approximate surface area is 64.6 Å². The molecule has 0 aromatic heterocycles. The minimum Gasteiger partial charge on any atom is -0.465 e. The highest BCUT2D eigenvalue weighted by Gasteiger charge is 2.49. The number of rotatable bonds is 3. The van der Waals surface area contributed by atoms with Crippen molar-refractivity contribution >= 4 is 11.9 Å². The van der Waals surface area contributed by atoms with E-state index >= 15 is 0 Å². The SMILES string of the molecule is CCC(=O)C1(NC(=O)O)CC1. The number of nitrogens with one attached hydrogen (secondary N) is 1. The minimum absolute atomic E-state index is 0.0000926. The Kier molecular flexibility index (Phi) is 1.85. The van der Waals surface area contributed by atoms with E-state index in [1.807, 2.05) is 0 Å². The van der Waals surface area contributed by atoms with Gasteiger partial charge in [-0.15, -0.1) is 0 Å². The van der Waals surface area contributed by atoms with Crippen molar-refractivity contribution in [2.45, 2.75) is 31.7 Å². The molecule has 0 aromatic rings. The van der Waals surface area contributed by atoms with Gasteiger partial charge in [-0.2, -0.15) is 0 Å². The lowest BCUT2D eigenvalue weighted by molar-refractivity contribution is -0.121. The second-order valence-electron chi connectivity index (χ2n) is 2.79. The van der Waals surface area contributed by atoms with Crippen molar-refractivity contribution in [2.24, 2.45) is 0 Å². The molecule has 1 rings (SSSR count). The molecule has 0 atom stereocenters. The van der Waals surface area contributed by atoms with Crippen LogP contribution in [-0.2, 0) is 4.79 Å². The molecule has 0 aliphatic heterocycles. The number of carboxylic acid groups (broad SMARTS) is 1. The Morgan fingerprint density at radius 2 is 2.09 bits per heavy atom. The molecule has 0 saturated heterocycles. The third kappa shape index (κ3) is 1.50. The first-order chi connectivity index (χ1) is 5.10. The second-order valence-corrected chi connectivity index (χ2v) is 2.79. The van der Waals surface area contributed by atoms with Crippen molar-refractivity contribution in [1.82, 2.24) is 5.32 Å². The maximum absolute atomic E-state index is 11.1. The monoisotopic (exact) mass is 157 g/mol. The van der Waals surface area contributed by atoms with Gasteiger partial charge in [0.1, 0.15) is 5.54 Å². The van der Waals surface area contributed by atoms with Crippen molar-refractivity contribution in [3.8, 4) is 0 Å². The highest BCUT2D eigenvalue weighted by Crippen LogP contribution is 2.36. The number of Topliss-reactive ketones (excluding diaryl/α,β-unsaturated/α-hetero) is 1. The van der Waals surface area contributed by atoms with Crippen LogP contribution in [0.1, 0.15) is 26.2 Å². The number of carbonyl (C=O) groups is 2. The number of carbonyl (C=O) groups excluding carboxylic acids is 1. The number of hydrogen-bond donors (Lipinski definition) is 2. The van der Waals surface area contributed by atoms with Gasteiger partial charge in [-0.3, -0.25) is 4.79 Å². The molecule has 0 unspecified atom stereocenters. The van der Waals surface area contributed by atoms with Crippen molar-refractivity contribution < 1.29 is 14.7 Å². The average molecular weight is 157 g/mol. The topological polar surface area (TPSA) is 66.4 Å². The molecule has 11 heavy (non-hydrogen) atoms. The highest BCUT2D eigenvalue weighted by molar-refractivity contribution is 5.93. The van der Waals surface area contributed by atoms with E-state index < -0.39 is 11.6 Å². The summed E-state index contributed by atoms with van der Waals surface area (Å²) in [5, 5.41) is 10.6. The molecule has 1 fully saturated rings. The van der Waals surface area contributed by atoms with Gasteiger partial charge in [0.05, 0.1) is 0 Å². The molecule has 2 N–H and O–H groups in total. The quantitative estimate of drug-likeness (QED) is 0.635. The number of ketones is 1. The lowest BCUT2D eigenvalue weighted by Crippen LogP contribution is -2.42. The van der Waals surface area contributed by atoms with E-state index in [1.54, 1.807) is 6.92 Å². The largest absolute Gasteiger partial charge is 0.465 e. The molecule has 0 heterocycles. The van der Waals surface area contributed by atoms with Crippen LogP contribution in [0.15, 0.2) is 0 Å². The second kappa shape index (κ2) is 2.53. The van der Waals surface area contributed by atoms with E-state index in [0.29, 0.717) is 19.3 Å². The van der Waals surface area contributed by atoms with Gasteiger partial charge in [0, 0.05) is 6.42 Å². The summed E-state index contributed by atoms with van der Waals surface area (Å²) in [6.45, 7) is 1.74. The smallest absolute Gasteiger partial charge is 0.405 e. The molecule has 4 nitrogen and oxygen atoms in total. The van der Waals surface area contributed by atoms with Gasteiger partial charge in [0.25, 0.3) is 0 Å². The molecule has 0 spiro atoms. The predicted molar refractivity (Wildman–Crippen MR) is 38.4 cm³/mol. The Hall–Kier alpha value is -1.06. The standard InChI is InChI=1S/C7H11NO3/c1-2-5(9)7(3-4-7)8-6(10)11/h8H,2-4H2,1H3,(H,10,11). The summed E-state index contributed by atoms with van der Waals surface area (Å²) in [6, 6.07) is 0. The molecule has 1 aliphatic rings. The fourth-order valence-electron chi connectivity index (χ4n) is 1.14. The van der Waals surface area contributed by atoms with Gasteiger partial charge < -0.3 is 10.4 Å². The van der Waals surface area contributed by atoms with Gasteiger partial charge in [0.2, 0.25) is 0 Å². The first kappa shape index (κ1) is 8.04. The van der Waals surface area contributed by atoms with Crippen LogP contribution >= 0.6 is 0 Å². The van der Waals surface area contributed by atoms with E-state index in [-0.39, 0.29) is 5.78 Å². The van der Waals surface area contributed by atoms with Gasteiger partial charge in [-0.1, -0.05) is 6.92 Å². The molecule has 1 aliphatic carbocycles. The maximum atomic E-state index is 11.1. The van der Waals surface area contributed by atoms with Crippen LogP contribution in [0.25, 0.3) is 0 Å². The maximum Gasteiger partial charge on any atom is 0.405 e. The fourth-order valence-corrected chi connectivity index (χ4v) is 1.14. The zero-order chi connectivity index (χ0) is 8.48. The number of amides is 1. The lowest BCUT2D eigenvalue weighted by Gasteiger charge is -2.11. The Morgan fingerprint density at radius 1 is 1.55 bits per heavy atom. The average Bonchev–Trinajstić information content (AvgIpc) is 2.67. The fraction of sp³-hybridized carbons (Fsp3) is 0.714. The summed E-state index contributed by atoms with van der Waals surface area (Å²) in [4.78, 5) is 21.3. The van der Waals surface area contributed by atoms with Crippen molar-refractivity contribution in [2.75, 3.05) is 0 Å². The normalized spacial score (nSPS) is 19.0. The minimum atomic E-state index is -1.11. The molecule has 0 radical (unpaired) electrons. The van der Waals surface area contributed by atoms with E-state index in [1.165, 1.54) is 0 Å². The first-order valence-electron chi connectivity index (χ1n) is 3.65. The zero-order valence-electron chi connectivity index (χ0n) is 6.39. The van der Waals surface area contributed by atoms with E-state index in [2.05, 4.69) is 5.32 Å². The highest BCUT2D eigenvalue weighted by atomic mass is 16.4. The van der Waals surface area contributed by atoms with Crippen molar-refractivity contribution in [3.05, 3.63) is 0 Å². The molecule has 1 saturated carbocycles. The molecule has 1 amide bonds. The van der Waals surface area contributed by atoms with Crippen molar-refractivity contribution in [3.63, 3.8) is 0 Å². The molecular formula is C7H11NO3. The van der Waals surface area contributed by atoms with Crippen LogP contribution in [0.2, 0.25) is 0 Å². The third-order valence-corrected chi connectivity index (χ3v) is 1.95. The first-order valence-corrected chi connectivity index (χ1v) is 3.65. The summed E-state index contributed by atoms with van der Waals surface area (Å²) in [6.07, 6.45) is 0.613. The van der Waals surface area contributed by atoms with Crippen LogP contribution in [-0.4, -0.2) is 22.5 Å². The zero-order valence-corrected chi connectivity index (χ0v) is 6.39. The van der Waals surface area contributed by atoms with Crippen LogP contribution in [0.4, 0.5) is 4.79 Å². The summed E-state index contributed by atoms with van der Waals surface area (Å²) in [7, 11) is 0.